The van der Waals surface area contributed by atoms with Gasteiger partial charge < -0.3 is 9.29 Å². The van der Waals surface area contributed by atoms with Crippen LogP contribution in [0.2, 0.25) is 0 Å². The first-order valence-corrected chi connectivity index (χ1v) is 5.28. The molecule has 17 heavy (non-hydrogen) atoms. The van der Waals surface area contributed by atoms with Crippen LogP contribution in [0.1, 0.15) is 15.9 Å². The Balaban J connectivity index is 3.39. The first-order chi connectivity index (χ1) is 7.75. The van der Waals surface area contributed by atoms with Gasteiger partial charge in [-0.2, -0.15) is 13.2 Å². The average Bonchev–Trinajstić information content (AvgIpc) is 2.26. The highest BCUT2D eigenvalue weighted by molar-refractivity contribution is 7.79. The highest BCUT2D eigenvalue weighted by atomic mass is 32.2. The largest absolute Gasteiger partial charge is 0.465 e. The van der Waals surface area contributed by atoms with Crippen molar-refractivity contribution in [3.05, 3.63) is 29.3 Å². The number of benzene rings is 1. The van der Waals surface area contributed by atoms with Crippen molar-refractivity contribution in [3.63, 3.8) is 0 Å². The zero-order chi connectivity index (χ0) is 13.2. The Kier molecular flexibility index (Phi) is 3.89. The van der Waals surface area contributed by atoms with Gasteiger partial charge in [-0.1, -0.05) is 0 Å². The highest BCUT2D eigenvalue weighted by Crippen LogP contribution is 2.31. The van der Waals surface area contributed by atoms with Crippen LogP contribution in [-0.4, -0.2) is 21.8 Å². The fourth-order valence-corrected chi connectivity index (χ4v) is 1.55. The lowest BCUT2D eigenvalue weighted by atomic mass is 10.1. The molecule has 0 spiro atoms. The third kappa shape index (κ3) is 3.27. The lowest BCUT2D eigenvalue weighted by Gasteiger charge is -2.09. The van der Waals surface area contributed by atoms with E-state index >= 15 is 0 Å². The van der Waals surface area contributed by atoms with Gasteiger partial charge in [-0.25, -0.2) is 9.00 Å². The summed E-state index contributed by atoms with van der Waals surface area (Å²) in [5.74, 6) is -1.01. The Morgan fingerprint density at radius 2 is 1.94 bits per heavy atom. The molecule has 0 fully saturated rings. The predicted molar refractivity (Wildman–Crippen MR) is 51.8 cm³/mol. The van der Waals surface area contributed by atoms with E-state index in [2.05, 4.69) is 4.74 Å². The summed E-state index contributed by atoms with van der Waals surface area (Å²) in [6, 6.07) is 1.93. The summed E-state index contributed by atoms with van der Waals surface area (Å²) in [5, 5.41) is 0. The van der Waals surface area contributed by atoms with Crippen LogP contribution < -0.4 is 0 Å². The number of alkyl halides is 3. The molecule has 0 aromatic heterocycles. The summed E-state index contributed by atoms with van der Waals surface area (Å²) in [7, 11) is 0.998. The first kappa shape index (κ1) is 13.7. The highest BCUT2D eigenvalue weighted by Gasteiger charge is 2.32. The van der Waals surface area contributed by atoms with E-state index in [1.165, 1.54) is 0 Å². The zero-order valence-electron chi connectivity index (χ0n) is 8.45. The minimum Gasteiger partial charge on any atom is -0.465 e. The van der Waals surface area contributed by atoms with Crippen molar-refractivity contribution in [3.8, 4) is 0 Å². The number of hydrogen-bond acceptors (Lipinski definition) is 3. The van der Waals surface area contributed by atoms with Crippen molar-refractivity contribution in [2.75, 3.05) is 7.11 Å². The molecule has 0 heterocycles. The van der Waals surface area contributed by atoms with Crippen LogP contribution in [0, 0.1) is 0 Å². The summed E-state index contributed by atoms with van der Waals surface area (Å²) in [6.07, 6.45) is -4.71. The number of carbonyl (C=O) groups excluding carboxylic acids is 1. The van der Waals surface area contributed by atoms with Crippen molar-refractivity contribution in [1.29, 1.82) is 0 Å². The third-order valence-corrected chi connectivity index (χ3v) is 2.50. The molecule has 0 aliphatic rings. The fourth-order valence-electron chi connectivity index (χ4n) is 1.10. The van der Waals surface area contributed by atoms with E-state index in [0.717, 1.165) is 13.2 Å². The van der Waals surface area contributed by atoms with Crippen LogP contribution in [0.15, 0.2) is 23.1 Å². The molecule has 0 amide bonds. The molecule has 0 bridgehead atoms. The minimum atomic E-state index is -4.71. The van der Waals surface area contributed by atoms with E-state index in [4.69, 9.17) is 4.55 Å². The van der Waals surface area contributed by atoms with Gasteiger partial charge >= 0.3 is 12.1 Å². The van der Waals surface area contributed by atoms with E-state index in [9.17, 15) is 22.2 Å². The Bertz CT molecular complexity index is 470. The molecule has 8 heteroatoms. The summed E-state index contributed by atoms with van der Waals surface area (Å²) >= 11 is -2.61. The van der Waals surface area contributed by atoms with Crippen LogP contribution in [-0.2, 0) is 22.0 Å². The normalized spacial score (nSPS) is 13.2. The smallest absolute Gasteiger partial charge is 0.416 e. The number of halogens is 3. The van der Waals surface area contributed by atoms with Gasteiger partial charge in [0.25, 0.3) is 0 Å². The molecule has 1 rings (SSSR count). The lowest BCUT2D eigenvalue weighted by molar-refractivity contribution is -0.137. The molecule has 0 saturated heterocycles. The summed E-state index contributed by atoms with van der Waals surface area (Å²) < 4.78 is 61.1. The van der Waals surface area contributed by atoms with Crippen molar-refractivity contribution >= 4 is 17.0 Å². The van der Waals surface area contributed by atoms with E-state index in [1.807, 2.05) is 0 Å². The second-order valence-electron chi connectivity index (χ2n) is 2.98. The molecule has 1 N–H and O–H groups in total. The molecule has 1 unspecified atom stereocenters. The number of ether oxygens (including phenoxy) is 1. The average molecular weight is 268 g/mol. The maximum Gasteiger partial charge on any atom is 0.416 e. The number of hydrogen-bond donors (Lipinski definition) is 1. The second kappa shape index (κ2) is 4.84. The van der Waals surface area contributed by atoms with Crippen LogP contribution >= 0.6 is 0 Å². The molecule has 4 nitrogen and oxygen atoms in total. The van der Waals surface area contributed by atoms with Gasteiger partial charge in [0.2, 0.25) is 0 Å². The van der Waals surface area contributed by atoms with Gasteiger partial charge in [-0.3, -0.25) is 0 Å². The van der Waals surface area contributed by atoms with Crippen LogP contribution in [0.25, 0.3) is 0 Å². The van der Waals surface area contributed by atoms with Gasteiger partial charge in [-0.15, -0.1) is 0 Å². The first-order valence-electron chi connectivity index (χ1n) is 4.17. The molecule has 1 aromatic carbocycles. The monoisotopic (exact) mass is 268 g/mol. The molecule has 1 aromatic rings. The molecular weight excluding hydrogens is 261 g/mol. The quantitative estimate of drug-likeness (QED) is 0.658. The van der Waals surface area contributed by atoms with Crippen molar-refractivity contribution in [1.82, 2.24) is 0 Å². The van der Waals surface area contributed by atoms with Crippen molar-refractivity contribution in [2.45, 2.75) is 11.1 Å². The van der Waals surface area contributed by atoms with E-state index in [-0.39, 0.29) is 0 Å². The Morgan fingerprint density at radius 1 is 1.35 bits per heavy atom. The number of methoxy groups -OCH3 is 1. The lowest BCUT2D eigenvalue weighted by Crippen LogP contribution is -2.10. The molecule has 1 atom stereocenters. The van der Waals surface area contributed by atoms with E-state index < -0.39 is 39.2 Å². The van der Waals surface area contributed by atoms with Crippen LogP contribution in [0.3, 0.4) is 0 Å². The van der Waals surface area contributed by atoms with Gasteiger partial charge in [0.15, 0.2) is 11.1 Å². The van der Waals surface area contributed by atoms with Crippen LogP contribution in [0.4, 0.5) is 13.2 Å². The Morgan fingerprint density at radius 3 is 2.35 bits per heavy atom. The van der Waals surface area contributed by atoms with Gasteiger partial charge in [0.1, 0.15) is 0 Å². The second-order valence-corrected chi connectivity index (χ2v) is 3.95. The topological polar surface area (TPSA) is 63.6 Å². The van der Waals surface area contributed by atoms with Gasteiger partial charge in [0.05, 0.1) is 23.1 Å². The van der Waals surface area contributed by atoms with Gasteiger partial charge in [-0.05, 0) is 18.2 Å². The summed E-state index contributed by atoms with van der Waals surface area (Å²) in [6.45, 7) is 0. The Labute approximate surface area is 96.7 Å². The number of esters is 1. The maximum atomic E-state index is 12.4. The molecule has 0 aliphatic carbocycles. The third-order valence-electron chi connectivity index (χ3n) is 1.86. The van der Waals surface area contributed by atoms with Crippen molar-refractivity contribution in [2.24, 2.45) is 0 Å². The summed E-state index contributed by atoms with van der Waals surface area (Å²) in [4.78, 5) is 10.6. The summed E-state index contributed by atoms with van der Waals surface area (Å²) in [5.41, 5.74) is -1.61. The van der Waals surface area contributed by atoms with Crippen molar-refractivity contribution < 1.29 is 31.5 Å². The van der Waals surface area contributed by atoms with E-state index in [0.29, 0.717) is 12.1 Å². The molecule has 0 radical (unpaired) electrons. The zero-order valence-corrected chi connectivity index (χ0v) is 9.26. The number of rotatable bonds is 2. The minimum absolute atomic E-state index is 0.431. The van der Waals surface area contributed by atoms with Gasteiger partial charge in [0, 0.05) is 0 Å². The van der Waals surface area contributed by atoms with Crippen LogP contribution in [0.5, 0.6) is 0 Å². The maximum absolute atomic E-state index is 12.4. The fraction of sp³-hybridized carbons (Fsp3) is 0.222. The Hall–Kier alpha value is -1.41. The van der Waals surface area contributed by atoms with E-state index in [1.54, 1.807) is 0 Å². The molecular formula is C9H7F3O4S. The standard InChI is InChI=1S/C9H7F3O4S/c1-16-8(13)5-2-6(9(10,11)12)4-7(3-5)17(14)15/h2-4H,1H3,(H,14,15). The predicted octanol–water partition coefficient (Wildman–Crippen LogP) is 2.07. The molecule has 0 saturated carbocycles. The number of carbonyl (C=O) groups is 1. The molecule has 0 aliphatic heterocycles. The SMILES string of the molecule is COC(=O)c1cc(S(=O)O)cc(C(F)(F)F)c1. The molecule has 94 valence electrons.